The minimum absolute atomic E-state index is 0.498. The van der Waals surface area contributed by atoms with Gasteiger partial charge in [-0.1, -0.05) is 31.7 Å². The topological polar surface area (TPSA) is 129 Å². The molecule has 1 aliphatic rings. The highest BCUT2D eigenvalue weighted by atomic mass is 16.4. The van der Waals surface area contributed by atoms with E-state index >= 15 is 0 Å². The summed E-state index contributed by atoms with van der Waals surface area (Å²) in [5.74, 6) is 0.688. The van der Waals surface area contributed by atoms with E-state index < -0.39 is 12.0 Å². The smallest absolute Gasteiger partial charge is 0.326 e. The highest BCUT2D eigenvalue weighted by Gasteiger charge is 2.19. The van der Waals surface area contributed by atoms with Gasteiger partial charge in [0, 0.05) is 12.2 Å². The number of carboxylic acid groups (broad SMARTS) is 1. The third-order valence-electron chi connectivity index (χ3n) is 5.73. The number of unbranched alkanes of at least 4 members (excludes halogenated alkanes) is 4. The van der Waals surface area contributed by atoms with E-state index in [4.69, 9.17) is 4.98 Å². The van der Waals surface area contributed by atoms with E-state index in [-0.39, 0.29) is 0 Å². The van der Waals surface area contributed by atoms with Crippen molar-refractivity contribution < 1.29 is 9.90 Å². The summed E-state index contributed by atoms with van der Waals surface area (Å²) in [6, 6.07) is 3.68. The molecule has 0 saturated carbocycles. The molecule has 1 unspecified atom stereocenters. The number of pyridine rings is 1. The van der Waals surface area contributed by atoms with Gasteiger partial charge in [-0.3, -0.25) is 5.10 Å². The van der Waals surface area contributed by atoms with Gasteiger partial charge in [-0.25, -0.2) is 19.7 Å². The first kappa shape index (κ1) is 21.0. The fourth-order valence-electron chi connectivity index (χ4n) is 4.00. The predicted octanol–water partition coefficient (Wildman–Crippen LogP) is 3.55. The van der Waals surface area contributed by atoms with E-state index in [2.05, 4.69) is 42.9 Å². The number of hydrogen-bond acceptors (Lipinski definition) is 7. The summed E-state index contributed by atoms with van der Waals surface area (Å²) in [4.78, 5) is 24.7. The number of nitrogens with one attached hydrogen (secondary N) is 3. The molecule has 0 aromatic carbocycles. The van der Waals surface area contributed by atoms with Crippen LogP contribution in [0.25, 0.3) is 11.0 Å². The van der Waals surface area contributed by atoms with Crippen LogP contribution in [0.1, 0.15) is 56.2 Å². The van der Waals surface area contributed by atoms with Crippen molar-refractivity contribution in [2.75, 3.05) is 17.2 Å². The number of aromatic nitrogens is 5. The van der Waals surface area contributed by atoms with Crippen LogP contribution >= 0.6 is 0 Å². The highest BCUT2D eigenvalue weighted by molar-refractivity contribution is 5.88. The number of carbonyl (C=O) groups is 1. The van der Waals surface area contributed by atoms with Gasteiger partial charge in [0.25, 0.3) is 0 Å². The number of fused-ring (bicyclic) bond motifs is 2. The number of aromatic amines is 1. The minimum atomic E-state index is -0.873. The standard InChI is InChI=1S/C22H29N7O2/c30-22(31)18(28-20-17-13-26-29-21(17)25-14-24-20)9-5-3-1-2-4-8-16-11-10-15-7-6-12-23-19(15)27-16/h10-11,13-14,18H,1-9,12H2,(H,23,27)(H,30,31)(H2,24,25,26,28,29). The summed E-state index contributed by atoms with van der Waals surface area (Å²) in [5.41, 5.74) is 3.07. The Hall–Kier alpha value is -3.23. The van der Waals surface area contributed by atoms with Crippen LogP contribution < -0.4 is 10.6 Å². The molecule has 164 valence electrons. The van der Waals surface area contributed by atoms with E-state index in [0.717, 1.165) is 63.0 Å². The van der Waals surface area contributed by atoms with Crippen LogP contribution in [0.15, 0.2) is 24.7 Å². The lowest BCUT2D eigenvalue weighted by molar-refractivity contribution is -0.138. The number of carboxylic acids is 1. The number of nitrogens with zero attached hydrogens (tertiary/aromatic N) is 4. The molecule has 0 saturated heterocycles. The van der Waals surface area contributed by atoms with Crippen molar-refractivity contribution >= 4 is 28.6 Å². The quantitative estimate of drug-likeness (QED) is 0.345. The molecule has 0 spiro atoms. The molecule has 0 fully saturated rings. The SMILES string of the molecule is O=C(O)C(CCCCCCCc1ccc2c(n1)NCCC2)Nc1ncnc2[nH]ncc12. The maximum absolute atomic E-state index is 11.7. The Morgan fingerprint density at radius 2 is 2.03 bits per heavy atom. The van der Waals surface area contributed by atoms with Gasteiger partial charge in [0.2, 0.25) is 0 Å². The third-order valence-corrected chi connectivity index (χ3v) is 5.73. The van der Waals surface area contributed by atoms with E-state index in [1.165, 1.54) is 18.3 Å². The first-order valence-corrected chi connectivity index (χ1v) is 11.1. The van der Waals surface area contributed by atoms with Crippen molar-refractivity contribution in [2.45, 2.75) is 63.8 Å². The highest BCUT2D eigenvalue weighted by Crippen LogP contribution is 2.21. The molecule has 3 aromatic heterocycles. The zero-order chi connectivity index (χ0) is 21.5. The third kappa shape index (κ3) is 5.48. The van der Waals surface area contributed by atoms with Gasteiger partial charge >= 0.3 is 5.97 Å². The van der Waals surface area contributed by atoms with E-state index in [1.807, 2.05) is 0 Å². The molecular weight excluding hydrogens is 394 g/mol. The van der Waals surface area contributed by atoms with Gasteiger partial charge in [-0.15, -0.1) is 0 Å². The number of H-pyrrole nitrogens is 1. The van der Waals surface area contributed by atoms with Crippen LogP contribution in [0.2, 0.25) is 0 Å². The minimum Gasteiger partial charge on any atom is -0.480 e. The normalized spacial score (nSPS) is 14.1. The molecule has 3 aromatic rings. The average Bonchev–Trinajstić information content (AvgIpc) is 3.27. The van der Waals surface area contributed by atoms with Crippen LogP contribution in [0, 0.1) is 0 Å². The summed E-state index contributed by atoms with van der Waals surface area (Å²) in [5, 5.41) is 23.4. The zero-order valence-corrected chi connectivity index (χ0v) is 17.6. The Kier molecular flexibility index (Phi) is 6.91. The Morgan fingerprint density at radius 1 is 1.16 bits per heavy atom. The van der Waals surface area contributed by atoms with Crippen molar-refractivity contribution in [3.63, 3.8) is 0 Å². The van der Waals surface area contributed by atoms with E-state index in [9.17, 15) is 9.90 Å². The summed E-state index contributed by atoms with van der Waals surface area (Å²) in [6.07, 6.45) is 12.0. The maximum atomic E-state index is 11.7. The fraction of sp³-hybridized carbons (Fsp3) is 0.500. The molecule has 1 aliphatic heterocycles. The van der Waals surface area contributed by atoms with Crippen LogP contribution in [0.3, 0.4) is 0 Å². The summed E-state index contributed by atoms with van der Waals surface area (Å²) < 4.78 is 0. The second-order valence-electron chi connectivity index (χ2n) is 8.04. The van der Waals surface area contributed by atoms with Crippen molar-refractivity contribution in [1.29, 1.82) is 0 Å². The van der Waals surface area contributed by atoms with E-state index in [1.54, 1.807) is 6.20 Å². The van der Waals surface area contributed by atoms with Crippen molar-refractivity contribution in [3.05, 3.63) is 35.9 Å². The van der Waals surface area contributed by atoms with Crippen molar-refractivity contribution in [2.24, 2.45) is 0 Å². The summed E-state index contributed by atoms with van der Waals surface area (Å²) in [7, 11) is 0. The Bertz CT molecular complexity index is 1020. The average molecular weight is 424 g/mol. The van der Waals surface area contributed by atoms with E-state index in [0.29, 0.717) is 23.3 Å². The Morgan fingerprint density at radius 3 is 2.94 bits per heavy atom. The number of rotatable bonds is 11. The molecule has 9 nitrogen and oxygen atoms in total. The lowest BCUT2D eigenvalue weighted by Crippen LogP contribution is -2.29. The molecule has 0 amide bonds. The number of anilines is 2. The van der Waals surface area contributed by atoms with Crippen molar-refractivity contribution in [1.82, 2.24) is 25.1 Å². The summed E-state index contributed by atoms with van der Waals surface area (Å²) in [6.45, 7) is 1.01. The van der Waals surface area contributed by atoms with Gasteiger partial charge in [0.15, 0.2) is 5.65 Å². The number of aryl methyl sites for hydroxylation is 2. The van der Waals surface area contributed by atoms with Crippen LogP contribution in [0.4, 0.5) is 11.6 Å². The van der Waals surface area contributed by atoms with Crippen LogP contribution in [-0.2, 0) is 17.6 Å². The number of hydrogen-bond donors (Lipinski definition) is 4. The molecule has 0 bridgehead atoms. The second-order valence-corrected chi connectivity index (χ2v) is 8.04. The lowest BCUT2D eigenvalue weighted by Gasteiger charge is -2.17. The fourth-order valence-corrected chi connectivity index (χ4v) is 4.00. The number of aliphatic carboxylic acids is 1. The molecule has 0 aliphatic carbocycles. The van der Waals surface area contributed by atoms with Gasteiger partial charge in [0.05, 0.1) is 11.6 Å². The first-order chi connectivity index (χ1) is 15.2. The first-order valence-electron chi connectivity index (χ1n) is 11.1. The molecule has 1 atom stereocenters. The molecule has 4 N–H and O–H groups in total. The summed E-state index contributed by atoms with van der Waals surface area (Å²) >= 11 is 0. The van der Waals surface area contributed by atoms with Crippen molar-refractivity contribution in [3.8, 4) is 0 Å². The van der Waals surface area contributed by atoms with Crippen LogP contribution in [-0.4, -0.2) is 48.8 Å². The van der Waals surface area contributed by atoms with Gasteiger partial charge in [-0.05, 0) is 43.7 Å². The van der Waals surface area contributed by atoms with Crippen LogP contribution in [0.5, 0.6) is 0 Å². The predicted molar refractivity (Wildman–Crippen MR) is 119 cm³/mol. The Balaban J connectivity index is 1.16. The molecule has 4 heterocycles. The zero-order valence-electron chi connectivity index (χ0n) is 17.6. The second kappa shape index (κ2) is 10.2. The molecule has 31 heavy (non-hydrogen) atoms. The molecule has 0 radical (unpaired) electrons. The molecule has 4 rings (SSSR count). The molecular formula is C22H29N7O2. The Labute approximate surface area is 181 Å². The van der Waals surface area contributed by atoms with Gasteiger partial charge in [0.1, 0.15) is 24.0 Å². The largest absolute Gasteiger partial charge is 0.480 e. The lowest BCUT2D eigenvalue weighted by atomic mass is 10.0. The van der Waals surface area contributed by atoms with Gasteiger partial charge < -0.3 is 15.7 Å². The monoisotopic (exact) mass is 423 g/mol. The molecule has 9 heteroatoms. The van der Waals surface area contributed by atoms with Gasteiger partial charge in [-0.2, -0.15) is 5.10 Å². The maximum Gasteiger partial charge on any atom is 0.326 e.